The van der Waals surface area contributed by atoms with Crippen LogP contribution in [-0.4, -0.2) is 47.7 Å². The zero-order valence-electron chi connectivity index (χ0n) is 15.0. The predicted molar refractivity (Wildman–Crippen MR) is 99.5 cm³/mol. The zero-order chi connectivity index (χ0) is 18.1. The fraction of sp³-hybridized carbons (Fsp3) is 0.421. The maximum absolute atomic E-state index is 11.9. The molecule has 26 heavy (non-hydrogen) atoms. The summed E-state index contributed by atoms with van der Waals surface area (Å²) in [6.07, 6.45) is 3.15. The van der Waals surface area contributed by atoms with Gasteiger partial charge < -0.3 is 19.4 Å². The van der Waals surface area contributed by atoms with Crippen LogP contribution in [0.5, 0.6) is 5.75 Å². The topological polar surface area (TPSA) is 80.3 Å². The molecule has 0 atom stereocenters. The molecule has 3 aromatic rings. The molecule has 1 saturated heterocycles. The fourth-order valence-corrected chi connectivity index (χ4v) is 3.61. The summed E-state index contributed by atoms with van der Waals surface area (Å²) in [5, 5.41) is 1.02. The van der Waals surface area contributed by atoms with E-state index in [0.29, 0.717) is 6.61 Å². The van der Waals surface area contributed by atoms with Crippen LogP contribution in [0.3, 0.4) is 0 Å². The van der Waals surface area contributed by atoms with Crippen molar-refractivity contribution in [1.29, 1.82) is 0 Å². The first kappa shape index (κ1) is 16.6. The normalized spacial score (nSPS) is 15.5. The number of hydrogen-bond acceptors (Lipinski definition) is 6. The lowest BCUT2D eigenvalue weighted by atomic mass is 9.97. The smallest absolute Gasteiger partial charge is 0.309 e. The van der Waals surface area contributed by atoms with Crippen LogP contribution in [0, 0.1) is 5.92 Å². The van der Waals surface area contributed by atoms with Crippen LogP contribution in [0.25, 0.3) is 21.9 Å². The molecule has 2 aromatic heterocycles. The number of methoxy groups -OCH3 is 1. The number of nitrogens with one attached hydrogen (secondary N) is 1. The highest BCUT2D eigenvalue weighted by molar-refractivity contribution is 6.08. The zero-order valence-corrected chi connectivity index (χ0v) is 15.0. The van der Waals surface area contributed by atoms with Gasteiger partial charge in [0.25, 0.3) is 0 Å². The molecule has 0 amide bonds. The Morgan fingerprint density at radius 2 is 2.12 bits per heavy atom. The van der Waals surface area contributed by atoms with Gasteiger partial charge in [-0.3, -0.25) is 4.79 Å². The average Bonchev–Trinajstić information content (AvgIpc) is 3.06. The summed E-state index contributed by atoms with van der Waals surface area (Å²) in [5.41, 5.74) is 2.81. The number of fused-ring (bicyclic) bond motifs is 3. The Morgan fingerprint density at radius 1 is 1.31 bits per heavy atom. The summed E-state index contributed by atoms with van der Waals surface area (Å²) in [5.74, 6) is 1.58. The second-order valence-corrected chi connectivity index (χ2v) is 6.47. The van der Waals surface area contributed by atoms with Crippen LogP contribution >= 0.6 is 0 Å². The van der Waals surface area contributed by atoms with Crippen LogP contribution in [0.4, 0.5) is 5.82 Å². The molecule has 1 aromatic carbocycles. The summed E-state index contributed by atoms with van der Waals surface area (Å²) >= 11 is 0. The van der Waals surface area contributed by atoms with Crippen molar-refractivity contribution in [1.82, 2.24) is 15.0 Å². The highest BCUT2D eigenvalue weighted by atomic mass is 16.5. The number of rotatable bonds is 4. The Hall–Kier alpha value is -2.83. The monoisotopic (exact) mass is 354 g/mol. The fourth-order valence-electron chi connectivity index (χ4n) is 3.61. The molecule has 7 heteroatoms. The standard InChI is InChI=1S/C19H22N4O3/c1-3-26-19(24)12-6-8-23(9-7-12)18-17-16(20-11-21-18)14-10-13(25-2)4-5-15(14)22-17/h4-5,10-12,22H,3,6-9H2,1-2H3. The molecule has 1 fully saturated rings. The minimum atomic E-state index is -0.0855. The van der Waals surface area contributed by atoms with Gasteiger partial charge >= 0.3 is 5.97 Å². The number of carbonyl (C=O) groups excluding carboxylic acids is 1. The molecule has 7 nitrogen and oxygen atoms in total. The lowest BCUT2D eigenvalue weighted by Crippen LogP contribution is -2.37. The van der Waals surface area contributed by atoms with Gasteiger partial charge in [-0.1, -0.05) is 0 Å². The van der Waals surface area contributed by atoms with Crippen molar-refractivity contribution in [3.63, 3.8) is 0 Å². The number of esters is 1. The van der Waals surface area contributed by atoms with Crippen LogP contribution < -0.4 is 9.64 Å². The lowest BCUT2D eigenvalue weighted by molar-refractivity contribution is -0.148. The Balaban J connectivity index is 1.64. The maximum atomic E-state index is 11.9. The number of aromatic nitrogens is 3. The number of piperidine rings is 1. The van der Waals surface area contributed by atoms with Gasteiger partial charge in [-0.15, -0.1) is 0 Å². The van der Waals surface area contributed by atoms with E-state index < -0.39 is 0 Å². The number of hydrogen-bond donors (Lipinski definition) is 1. The SMILES string of the molecule is CCOC(=O)C1CCN(c2ncnc3c2[nH]c2ccc(OC)cc23)CC1. The van der Waals surface area contributed by atoms with Gasteiger partial charge in [0.05, 0.1) is 19.6 Å². The van der Waals surface area contributed by atoms with Gasteiger partial charge in [0.2, 0.25) is 0 Å². The lowest BCUT2D eigenvalue weighted by Gasteiger charge is -2.31. The summed E-state index contributed by atoms with van der Waals surface area (Å²) in [7, 11) is 1.66. The molecule has 0 bridgehead atoms. The number of ether oxygens (including phenoxy) is 2. The minimum Gasteiger partial charge on any atom is -0.497 e. The number of anilines is 1. The molecular weight excluding hydrogens is 332 g/mol. The number of nitrogens with zero attached hydrogens (tertiary/aromatic N) is 3. The minimum absolute atomic E-state index is 0.0181. The highest BCUT2D eigenvalue weighted by Crippen LogP contribution is 2.33. The Kier molecular flexibility index (Phi) is 4.36. The molecule has 136 valence electrons. The number of aromatic amines is 1. The summed E-state index contributed by atoms with van der Waals surface area (Å²) in [6, 6.07) is 5.90. The van der Waals surface area contributed by atoms with E-state index >= 15 is 0 Å². The molecule has 1 aliphatic heterocycles. The molecule has 3 heterocycles. The highest BCUT2D eigenvalue weighted by Gasteiger charge is 2.27. The average molecular weight is 354 g/mol. The number of benzene rings is 1. The predicted octanol–water partition coefficient (Wildman–Crippen LogP) is 2.90. The molecule has 0 spiro atoms. The number of carbonyl (C=O) groups is 1. The Bertz CT molecular complexity index is 945. The maximum Gasteiger partial charge on any atom is 0.309 e. The molecule has 1 N–H and O–H groups in total. The largest absolute Gasteiger partial charge is 0.497 e. The summed E-state index contributed by atoms with van der Waals surface area (Å²) in [6.45, 7) is 3.82. The molecule has 0 saturated carbocycles. The second kappa shape index (κ2) is 6.82. The van der Waals surface area contributed by atoms with E-state index in [9.17, 15) is 4.79 Å². The number of H-pyrrole nitrogens is 1. The molecule has 1 aliphatic rings. The summed E-state index contributed by atoms with van der Waals surface area (Å²) < 4.78 is 10.5. The van der Waals surface area contributed by atoms with Crippen molar-refractivity contribution < 1.29 is 14.3 Å². The van der Waals surface area contributed by atoms with Gasteiger partial charge in [0, 0.05) is 24.0 Å². The third-order valence-electron chi connectivity index (χ3n) is 4.98. The van der Waals surface area contributed by atoms with Crippen LogP contribution in [0.1, 0.15) is 19.8 Å². The van der Waals surface area contributed by atoms with E-state index in [0.717, 1.165) is 59.4 Å². The van der Waals surface area contributed by atoms with E-state index in [-0.39, 0.29) is 11.9 Å². The van der Waals surface area contributed by atoms with E-state index in [4.69, 9.17) is 9.47 Å². The summed E-state index contributed by atoms with van der Waals surface area (Å²) in [4.78, 5) is 26.6. The van der Waals surface area contributed by atoms with E-state index in [1.807, 2.05) is 25.1 Å². The van der Waals surface area contributed by atoms with Crippen LogP contribution in [-0.2, 0) is 9.53 Å². The molecule has 4 rings (SSSR count). The first-order valence-corrected chi connectivity index (χ1v) is 8.93. The van der Waals surface area contributed by atoms with Crippen molar-refractivity contribution in [2.75, 3.05) is 31.7 Å². The van der Waals surface area contributed by atoms with Gasteiger partial charge in [-0.2, -0.15) is 0 Å². The van der Waals surface area contributed by atoms with Gasteiger partial charge in [0.1, 0.15) is 23.1 Å². The van der Waals surface area contributed by atoms with Gasteiger partial charge in [-0.25, -0.2) is 9.97 Å². The quantitative estimate of drug-likeness (QED) is 0.726. The first-order valence-electron chi connectivity index (χ1n) is 8.93. The molecular formula is C19H22N4O3. The van der Waals surface area contributed by atoms with Crippen molar-refractivity contribution in [2.24, 2.45) is 5.92 Å². The first-order chi connectivity index (χ1) is 12.7. The van der Waals surface area contributed by atoms with E-state index in [1.54, 1.807) is 13.4 Å². The van der Waals surface area contributed by atoms with Gasteiger partial charge in [0.15, 0.2) is 5.82 Å². The molecule has 0 radical (unpaired) electrons. The van der Waals surface area contributed by atoms with Gasteiger partial charge in [-0.05, 0) is 38.0 Å². The second-order valence-electron chi connectivity index (χ2n) is 6.47. The van der Waals surface area contributed by atoms with Crippen LogP contribution in [0.2, 0.25) is 0 Å². The van der Waals surface area contributed by atoms with Crippen molar-refractivity contribution in [2.45, 2.75) is 19.8 Å². The van der Waals surface area contributed by atoms with Crippen molar-refractivity contribution in [3.8, 4) is 5.75 Å². The van der Waals surface area contributed by atoms with Crippen molar-refractivity contribution in [3.05, 3.63) is 24.5 Å². The molecule has 0 aliphatic carbocycles. The Morgan fingerprint density at radius 3 is 2.85 bits per heavy atom. The van der Waals surface area contributed by atoms with E-state index in [1.165, 1.54) is 0 Å². The third-order valence-corrected chi connectivity index (χ3v) is 4.98. The third kappa shape index (κ3) is 2.83. The molecule has 0 unspecified atom stereocenters. The van der Waals surface area contributed by atoms with E-state index in [2.05, 4.69) is 19.9 Å². The van der Waals surface area contributed by atoms with Crippen LogP contribution in [0.15, 0.2) is 24.5 Å². The van der Waals surface area contributed by atoms with Crippen molar-refractivity contribution >= 4 is 33.7 Å². The Labute approximate surface area is 151 Å².